The van der Waals surface area contributed by atoms with Gasteiger partial charge in [-0.15, -0.1) is 0 Å². The van der Waals surface area contributed by atoms with Gasteiger partial charge in [-0.05, 0) is 18.8 Å². The number of allylic oxidation sites excluding steroid dienone is 2. The first-order valence-electron chi connectivity index (χ1n) is 3.30. The molecule has 0 bridgehead atoms. The zero-order chi connectivity index (χ0) is 6.85. The summed E-state index contributed by atoms with van der Waals surface area (Å²) in [4.78, 5) is 0. The summed E-state index contributed by atoms with van der Waals surface area (Å²) in [6.45, 7) is 7.44. The average Bonchev–Trinajstić information content (AvgIpc) is 2.47. The van der Waals surface area contributed by atoms with E-state index < -0.39 is 0 Å². The molecule has 1 rings (SSSR count). The summed E-state index contributed by atoms with van der Waals surface area (Å²) in [5.74, 6) is 0.704. The van der Waals surface area contributed by atoms with Gasteiger partial charge < -0.3 is 5.73 Å². The summed E-state index contributed by atoms with van der Waals surface area (Å²) in [5, 5.41) is 0. The average molecular weight is 123 g/mol. The summed E-state index contributed by atoms with van der Waals surface area (Å²) in [6.07, 6.45) is 4.03. The van der Waals surface area contributed by atoms with E-state index in [1.807, 2.05) is 6.08 Å². The van der Waals surface area contributed by atoms with Crippen molar-refractivity contribution in [1.82, 2.24) is 0 Å². The molecule has 1 aliphatic rings. The van der Waals surface area contributed by atoms with E-state index in [4.69, 9.17) is 5.73 Å². The van der Waals surface area contributed by atoms with Crippen LogP contribution in [-0.2, 0) is 0 Å². The summed E-state index contributed by atoms with van der Waals surface area (Å²) < 4.78 is 0. The highest BCUT2D eigenvalue weighted by molar-refractivity contribution is 5.14. The SMILES string of the molecule is C=CC(=C)CC1CC1N. The van der Waals surface area contributed by atoms with Crippen LogP contribution in [-0.4, -0.2) is 6.04 Å². The van der Waals surface area contributed by atoms with Crippen LogP contribution < -0.4 is 5.73 Å². The van der Waals surface area contributed by atoms with E-state index in [2.05, 4.69) is 13.2 Å². The Hall–Kier alpha value is -0.560. The quantitative estimate of drug-likeness (QED) is 0.565. The van der Waals surface area contributed by atoms with Crippen molar-refractivity contribution in [1.29, 1.82) is 0 Å². The highest BCUT2D eigenvalue weighted by atomic mass is 14.7. The van der Waals surface area contributed by atoms with Gasteiger partial charge >= 0.3 is 0 Å². The van der Waals surface area contributed by atoms with Gasteiger partial charge in [-0.25, -0.2) is 0 Å². The summed E-state index contributed by atoms with van der Waals surface area (Å²) in [6, 6.07) is 0.446. The zero-order valence-electron chi connectivity index (χ0n) is 5.64. The van der Waals surface area contributed by atoms with Gasteiger partial charge in [0.2, 0.25) is 0 Å². The molecule has 0 aromatic carbocycles. The molecular weight excluding hydrogens is 110 g/mol. The Kier molecular flexibility index (Phi) is 1.72. The van der Waals surface area contributed by atoms with Crippen LogP contribution in [0.15, 0.2) is 24.8 Å². The Morgan fingerprint density at radius 1 is 1.78 bits per heavy atom. The van der Waals surface area contributed by atoms with Crippen molar-refractivity contribution in [2.24, 2.45) is 11.7 Å². The largest absolute Gasteiger partial charge is 0.327 e. The summed E-state index contributed by atoms with van der Waals surface area (Å²) >= 11 is 0. The lowest BCUT2D eigenvalue weighted by Crippen LogP contribution is -2.01. The Labute approximate surface area is 56.2 Å². The lowest BCUT2D eigenvalue weighted by Gasteiger charge is -1.94. The van der Waals surface area contributed by atoms with Crippen LogP contribution in [0.2, 0.25) is 0 Å². The van der Waals surface area contributed by atoms with Crippen molar-refractivity contribution < 1.29 is 0 Å². The van der Waals surface area contributed by atoms with Crippen LogP contribution in [0.5, 0.6) is 0 Å². The van der Waals surface area contributed by atoms with Crippen molar-refractivity contribution in [3.8, 4) is 0 Å². The van der Waals surface area contributed by atoms with Crippen LogP contribution in [0.3, 0.4) is 0 Å². The minimum Gasteiger partial charge on any atom is -0.327 e. The Bertz CT molecular complexity index is 138. The molecule has 1 nitrogen and oxygen atoms in total. The second-order valence-electron chi connectivity index (χ2n) is 2.73. The highest BCUT2D eigenvalue weighted by Gasteiger charge is 2.32. The first kappa shape index (κ1) is 6.56. The normalized spacial score (nSPS) is 31.7. The molecule has 0 saturated heterocycles. The second-order valence-corrected chi connectivity index (χ2v) is 2.73. The molecule has 1 aliphatic carbocycles. The molecule has 0 heterocycles. The van der Waals surface area contributed by atoms with Crippen LogP contribution in [0.25, 0.3) is 0 Å². The molecule has 1 saturated carbocycles. The number of nitrogens with two attached hydrogens (primary N) is 1. The third-order valence-corrected chi connectivity index (χ3v) is 1.79. The van der Waals surface area contributed by atoms with Crippen LogP contribution >= 0.6 is 0 Å². The molecule has 50 valence electrons. The third-order valence-electron chi connectivity index (χ3n) is 1.79. The minimum atomic E-state index is 0.446. The number of hydrogen-bond acceptors (Lipinski definition) is 1. The van der Waals surface area contributed by atoms with E-state index in [1.165, 1.54) is 6.42 Å². The van der Waals surface area contributed by atoms with Crippen LogP contribution in [0.4, 0.5) is 0 Å². The molecule has 0 aromatic rings. The lowest BCUT2D eigenvalue weighted by molar-refractivity contribution is 0.791. The van der Waals surface area contributed by atoms with Gasteiger partial charge in [-0.1, -0.05) is 24.8 Å². The van der Waals surface area contributed by atoms with Crippen LogP contribution in [0, 0.1) is 5.92 Å². The molecule has 2 N–H and O–H groups in total. The van der Waals surface area contributed by atoms with Crippen molar-refractivity contribution in [2.45, 2.75) is 18.9 Å². The number of hydrogen-bond donors (Lipinski definition) is 1. The van der Waals surface area contributed by atoms with Crippen molar-refractivity contribution in [3.63, 3.8) is 0 Å². The Balaban J connectivity index is 2.19. The molecule has 9 heavy (non-hydrogen) atoms. The van der Waals surface area contributed by atoms with Gasteiger partial charge in [0, 0.05) is 6.04 Å². The fourth-order valence-electron chi connectivity index (χ4n) is 0.926. The van der Waals surface area contributed by atoms with Gasteiger partial charge in [0.25, 0.3) is 0 Å². The van der Waals surface area contributed by atoms with E-state index in [1.54, 1.807) is 0 Å². The van der Waals surface area contributed by atoms with Gasteiger partial charge in [0.15, 0.2) is 0 Å². The van der Waals surface area contributed by atoms with Gasteiger partial charge in [-0.2, -0.15) is 0 Å². The van der Waals surface area contributed by atoms with E-state index >= 15 is 0 Å². The fraction of sp³-hybridized carbons (Fsp3) is 0.500. The molecule has 0 amide bonds. The lowest BCUT2D eigenvalue weighted by atomic mass is 10.1. The van der Waals surface area contributed by atoms with E-state index in [0.717, 1.165) is 12.0 Å². The minimum absolute atomic E-state index is 0.446. The maximum atomic E-state index is 5.59. The molecule has 2 atom stereocenters. The molecule has 1 fully saturated rings. The Morgan fingerprint density at radius 2 is 2.33 bits per heavy atom. The fourth-order valence-corrected chi connectivity index (χ4v) is 0.926. The molecule has 2 unspecified atom stereocenters. The monoisotopic (exact) mass is 123 g/mol. The first-order chi connectivity index (χ1) is 4.24. The topological polar surface area (TPSA) is 26.0 Å². The predicted octanol–water partition coefficient (Wildman–Crippen LogP) is 1.47. The molecule has 0 radical (unpaired) electrons. The smallest absolute Gasteiger partial charge is 0.00742 e. The summed E-state index contributed by atoms with van der Waals surface area (Å²) in [7, 11) is 0. The molecular formula is C8H13N. The standard InChI is InChI=1S/C8H13N/c1-3-6(2)4-7-5-8(7)9/h3,7-8H,1-2,4-5,9H2. The van der Waals surface area contributed by atoms with Gasteiger partial charge in [0.05, 0.1) is 0 Å². The second kappa shape index (κ2) is 2.36. The zero-order valence-corrected chi connectivity index (χ0v) is 5.64. The summed E-state index contributed by atoms with van der Waals surface area (Å²) in [5.41, 5.74) is 6.71. The molecule has 0 spiro atoms. The van der Waals surface area contributed by atoms with Gasteiger partial charge in [0.1, 0.15) is 0 Å². The van der Waals surface area contributed by atoms with Crippen molar-refractivity contribution in [3.05, 3.63) is 24.8 Å². The highest BCUT2D eigenvalue weighted by Crippen LogP contribution is 2.33. The van der Waals surface area contributed by atoms with Gasteiger partial charge in [-0.3, -0.25) is 0 Å². The first-order valence-corrected chi connectivity index (χ1v) is 3.30. The van der Waals surface area contributed by atoms with Crippen LogP contribution in [0.1, 0.15) is 12.8 Å². The van der Waals surface area contributed by atoms with E-state index in [-0.39, 0.29) is 0 Å². The molecule has 1 heteroatoms. The number of rotatable bonds is 3. The molecule has 0 aromatic heterocycles. The van der Waals surface area contributed by atoms with E-state index in [0.29, 0.717) is 12.0 Å². The third kappa shape index (κ3) is 1.68. The van der Waals surface area contributed by atoms with Crippen molar-refractivity contribution >= 4 is 0 Å². The maximum absolute atomic E-state index is 5.59. The van der Waals surface area contributed by atoms with E-state index in [9.17, 15) is 0 Å². The Morgan fingerprint density at radius 3 is 2.67 bits per heavy atom. The maximum Gasteiger partial charge on any atom is 0.00742 e. The van der Waals surface area contributed by atoms with Crippen molar-refractivity contribution in [2.75, 3.05) is 0 Å². The molecule has 0 aliphatic heterocycles. The predicted molar refractivity (Wildman–Crippen MR) is 40.0 cm³/mol.